The molecule has 0 bridgehead atoms. The number of fused-ring (bicyclic) bond motifs is 2. The Morgan fingerprint density at radius 1 is 1.29 bits per heavy atom. The summed E-state index contributed by atoms with van der Waals surface area (Å²) in [6.07, 6.45) is 7.41. The monoisotopic (exact) mass is 277 g/mol. The molecular formula is C18H19N3. The molecule has 2 heterocycles. The maximum absolute atomic E-state index is 4.61. The smallest absolute Gasteiger partial charge is 0.111 e. The summed E-state index contributed by atoms with van der Waals surface area (Å²) in [5.41, 5.74) is 6.37. The maximum Gasteiger partial charge on any atom is 0.111 e. The molecule has 0 N–H and O–H groups in total. The minimum Gasteiger partial charge on any atom is -0.296 e. The van der Waals surface area contributed by atoms with Gasteiger partial charge in [0.15, 0.2) is 0 Å². The average molecular weight is 277 g/mol. The van der Waals surface area contributed by atoms with Gasteiger partial charge in [-0.2, -0.15) is 0 Å². The first-order valence-electron chi connectivity index (χ1n) is 7.70. The molecular weight excluding hydrogens is 258 g/mol. The Bertz CT molecular complexity index is 816. The van der Waals surface area contributed by atoms with Crippen LogP contribution < -0.4 is 0 Å². The first-order valence-corrected chi connectivity index (χ1v) is 7.70. The third kappa shape index (κ3) is 1.88. The lowest BCUT2D eigenvalue weighted by atomic mass is 9.98. The molecule has 0 fully saturated rings. The molecule has 2 aromatic heterocycles. The van der Waals surface area contributed by atoms with E-state index in [4.69, 9.17) is 0 Å². The van der Waals surface area contributed by atoms with Crippen LogP contribution in [-0.2, 0) is 6.42 Å². The lowest BCUT2D eigenvalue weighted by Crippen LogP contribution is -1.99. The number of aromatic nitrogens is 3. The van der Waals surface area contributed by atoms with Gasteiger partial charge in [0.2, 0.25) is 0 Å². The molecule has 3 heteroatoms. The van der Waals surface area contributed by atoms with E-state index < -0.39 is 0 Å². The van der Waals surface area contributed by atoms with E-state index in [2.05, 4.69) is 46.6 Å². The summed E-state index contributed by atoms with van der Waals surface area (Å²) in [7, 11) is 0. The predicted octanol–water partition coefficient (Wildman–Crippen LogP) is 4.17. The van der Waals surface area contributed by atoms with Crippen LogP contribution in [0.3, 0.4) is 0 Å². The van der Waals surface area contributed by atoms with Crippen LogP contribution in [0.2, 0.25) is 0 Å². The lowest BCUT2D eigenvalue weighted by molar-refractivity contribution is 0.656. The summed E-state index contributed by atoms with van der Waals surface area (Å²) < 4.78 is 2.23. The fourth-order valence-electron chi connectivity index (χ4n) is 3.63. The number of aryl methyl sites for hydroxylation is 2. The fourth-order valence-corrected chi connectivity index (χ4v) is 3.63. The molecule has 106 valence electrons. The largest absolute Gasteiger partial charge is 0.296 e. The Hall–Kier alpha value is -2.16. The second-order valence-electron chi connectivity index (χ2n) is 5.89. The summed E-state index contributed by atoms with van der Waals surface area (Å²) in [5.74, 6) is 1.77. The third-order valence-corrected chi connectivity index (χ3v) is 4.70. The highest BCUT2D eigenvalue weighted by molar-refractivity contribution is 5.77. The molecule has 0 aliphatic heterocycles. The van der Waals surface area contributed by atoms with Crippen LogP contribution >= 0.6 is 0 Å². The standard InChI is InChI=1S/C18H19N3/c1-3-13-4-5-14-10-15(6-7-16(13)14)21-12(2)20-17-11-19-9-8-18(17)21/h6-11,13H,3-5H2,1-2H3. The van der Waals surface area contributed by atoms with Gasteiger partial charge in [-0.25, -0.2) is 4.98 Å². The molecule has 3 nitrogen and oxygen atoms in total. The van der Waals surface area contributed by atoms with E-state index in [0.717, 1.165) is 22.8 Å². The van der Waals surface area contributed by atoms with Gasteiger partial charge in [0.1, 0.15) is 11.3 Å². The topological polar surface area (TPSA) is 30.7 Å². The maximum atomic E-state index is 4.61. The van der Waals surface area contributed by atoms with Crippen LogP contribution in [0.15, 0.2) is 36.7 Å². The minimum absolute atomic E-state index is 0.749. The molecule has 1 atom stereocenters. The Kier molecular flexibility index (Phi) is 2.81. The highest BCUT2D eigenvalue weighted by Crippen LogP contribution is 2.36. The third-order valence-electron chi connectivity index (χ3n) is 4.70. The first kappa shape index (κ1) is 12.6. The Morgan fingerprint density at radius 3 is 3.05 bits per heavy atom. The highest BCUT2D eigenvalue weighted by Gasteiger charge is 2.21. The fraction of sp³-hybridized carbons (Fsp3) is 0.333. The van der Waals surface area contributed by atoms with Crippen LogP contribution in [0.4, 0.5) is 0 Å². The summed E-state index contributed by atoms with van der Waals surface area (Å²) in [4.78, 5) is 8.78. The summed E-state index contributed by atoms with van der Waals surface area (Å²) in [6.45, 7) is 4.34. The number of hydrogen-bond donors (Lipinski definition) is 0. The van der Waals surface area contributed by atoms with Crippen molar-refractivity contribution in [3.63, 3.8) is 0 Å². The van der Waals surface area contributed by atoms with Gasteiger partial charge in [-0.15, -0.1) is 0 Å². The van der Waals surface area contributed by atoms with Gasteiger partial charge in [-0.1, -0.05) is 13.0 Å². The quantitative estimate of drug-likeness (QED) is 0.704. The SMILES string of the molecule is CCC1CCc2cc(-n3c(C)nc4cnccc43)ccc21. The molecule has 0 spiro atoms. The van der Waals surface area contributed by atoms with Crippen molar-refractivity contribution in [1.29, 1.82) is 0 Å². The average Bonchev–Trinajstić information content (AvgIpc) is 3.05. The summed E-state index contributed by atoms with van der Waals surface area (Å²) >= 11 is 0. The van der Waals surface area contributed by atoms with Crippen LogP contribution in [-0.4, -0.2) is 14.5 Å². The van der Waals surface area contributed by atoms with Crippen molar-refractivity contribution >= 4 is 11.0 Å². The van der Waals surface area contributed by atoms with Crippen molar-refractivity contribution in [3.8, 4) is 5.69 Å². The number of benzene rings is 1. The van der Waals surface area contributed by atoms with E-state index in [0.29, 0.717) is 0 Å². The van der Waals surface area contributed by atoms with Gasteiger partial charge < -0.3 is 0 Å². The Balaban J connectivity index is 1.88. The van der Waals surface area contributed by atoms with Gasteiger partial charge in [0.05, 0.1) is 11.7 Å². The molecule has 3 aromatic rings. The number of nitrogens with zero attached hydrogens (tertiary/aromatic N) is 3. The van der Waals surface area contributed by atoms with E-state index in [9.17, 15) is 0 Å². The van der Waals surface area contributed by atoms with Crippen LogP contribution in [0.1, 0.15) is 42.6 Å². The molecule has 1 aromatic carbocycles. The van der Waals surface area contributed by atoms with E-state index >= 15 is 0 Å². The normalized spacial score (nSPS) is 17.3. The number of imidazole rings is 1. The van der Waals surface area contributed by atoms with Crippen molar-refractivity contribution < 1.29 is 0 Å². The van der Waals surface area contributed by atoms with E-state index in [1.54, 1.807) is 5.56 Å². The molecule has 0 saturated heterocycles. The molecule has 1 aliphatic carbocycles. The predicted molar refractivity (Wildman–Crippen MR) is 85.0 cm³/mol. The number of pyridine rings is 1. The zero-order chi connectivity index (χ0) is 14.4. The van der Waals surface area contributed by atoms with Crippen molar-refractivity contribution in [2.24, 2.45) is 0 Å². The highest BCUT2D eigenvalue weighted by atomic mass is 15.1. The molecule has 1 unspecified atom stereocenters. The Morgan fingerprint density at radius 2 is 2.19 bits per heavy atom. The van der Waals surface area contributed by atoms with Crippen molar-refractivity contribution in [2.45, 2.75) is 39.0 Å². The molecule has 0 radical (unpaired) electrons. The van der Waals surface area contributed by atoms with Gasteiger partial charge in [0, 0.05) is 11.9 Å². The minimum atomic E-state index is 0.749. The zero-order valence-corrected chi connectivity index (χ0v) is 12.5. The molecule has 1 aliphatic rings. The van der Waals surface area contributed by atoms with Crippen molar-refractivity contribution in [2.75, 3.05) is 0 Å². The van der Waals surface area contributed by atoms with Gasteiger partial charge >= 0.3 is 0 Å². The van der Waals surface area contributed by atoms with Gasteiger partial charge in [0.25, 0.3) is 0 Å². The number of rotatable bonds is 2. The van der Waals surface area contributed by atoms with Crippen LogP contribution in [0.25, 0.3) is 16.7 Å². The second-order valence-corrected chi connectivity index (χ2v) is 5.89. The molecule has 0 saturated carbocycles. The van der Waals surface area contributed by atoms with Gasteiger partial charge in [-0.05, 0) is 61.4 Å². The number of hydrogen-bond acceptors (Lipinski definition) is 2. The second kappa shape index (κ2) is 4.69. The van der Waals surface area contributed by atoms with Crippen LogP contribution in [0.5, 0.6) is 0 Å². The lowest BCUT2D eigenvalue weighted by Gasteiger charge is -2.11. The van der Waals surface area contributed by atoms with E-state index in [-0.39, 0.29) is 0 Å². The first-order chi connectivity index (χ1) is 10.3. The Labute approximate surface area is 124 Å². The molecule has 4 rings (SSSR count). The van der Waals surface area contributed by atoms with E-state index in [1.165, 1.54) is 30.5 Å². The molecule has 21 heavy (non-hydrogen) atoms. The van der Waals surface area contributed by atoms with Gasteiger partial charge in [-0.3, -0.25) is 9.55 Å². The van der Waals surface area contributed by atoms with Crippen LogP contribution in [0, 0.1) is 6.92 Å². The summed E-state index contributed by atoms with van der Waals surface area (Å²) in [6, 6.07) is 8.94. The summed E-state index contributed by atoms with van der Waals surface area (Å²) in [5, 5.41) is 0. The van der Waals surface area contributed by atoms with Crippen molar-refractivity contribution in [3.05, 3.63) is 53.6 Å². The zero-order valence-electron chi connectivity index (χ0n) is 12.5. The van der Waals surface area contributed by atoms with Crippen molar-refractivity contribution in [1.82, 2.24) is 14.5 Å². The van der Waals surface area contributed by atoms with E-state index in [1.807, 2.05) is 18.5 Å². The molecule has 0 amide bonds.